The van der Waals surface area contributed by atoms with Crippen molar-refractivity contribution < 1.29 is 14.6 Å². The van der Waals surface area contributed by atoms with Crippen LogP contribution in [0.4, 0.5) is 0 Å². The number of hydrogen-bond acceptors (Lipinski definition) is 5. The first-order valence-corrected chi connectivity index (χ1v) is 6.89. The lowest BCUT2D eigenvalue weighted by Gasteiger charge is -2.12. The Morgan fingerprint density at radius 2 is 2.25 bits per heavy atom. The Hall–Kier alpha value is -1.82. The van der Waals surface area contributed by atoms with Crippen LogP contribution in [-0.4, -0.2) is 32.3 Å². The second kappa shape index (κ2) is 6.09. The first-order chi connectivity index (χ1) is 9.61. The molecule has 2 aromatic heterocycles. The van der Waals surface area contributed by atoms with Crippen LogP contribution in [0, 0.1) is 0 Å². The highest BCUT2D eigenvalue weighted by Crippen LogP contribution is 2.34. The van der Waals surface area contributed by atoms with E-state index in [-0.39, 0.29) is 28.6 Å². The molecular weight excluding hydrogens is 282 g/mol. The van der Waals surface area contributed by atoms with Crippen molar-refractivity contribution in [3.63, 3.8) is 0 Å². The summed E-state index contributed by atoms with van der Waals surface area (Å²) in [5.41, 5.74) is 0.859. The Kier molecular flexibility index (Phi) is 4.44. The number of carbonyl (C=O) groups excluding carboxylic acids is 1. The van der Waals surface area contributed by atoms with Gasteiger partial charge in [0.25, 0.3) is 0 Å². The lowest BCUT2D eigenvalue weighted by molar-refractivity contribution is 0.0524. The van der Waals surface area contributed by atoms with Crippen molar-refractivity contribution >= 4 is 23.2 Å². The van der Waals surface area contributed by atoms with Gasteiger partial charge in [-0.05, 0) is 19.8 Å². The molecule has 0 spiro atoms. The van der Waals surface area contributed by atoms with Crippen molar-refractivity contribution in [2.45, 2.75) is 33.1 Å². The highest BCUT2D eigenvalue weighted by molar-refractivity contribution is 6.33. The van der Waals surface area contributed by atoms with Gasteiger partial charge in [0.2, 0.25) is 0 Å². The lowest BCUT2D eigenvalue weighted by atomic mass is 10.1. The quantitative estimate of drug-likeness (QED) is 0.858. The predicted molar refractivity (Wildman–Crippen MR) is 74.2 cm³/mol. The van der Waals surface area contributed by atoms with Gasteiger partial charge in [-0.3, -0.25) is 0 Å². The molecule has 2 aromatic rings. The topological polar surface area (TPSA) is 76.7 Å². The van der Waals surface area contributed by atoms with Crippen molar-refractivity contribution in [3.05, 3.63) is 22.6 Å². The minimum atomic E-state index is -0.660. The SMILES string of the molecule is CCCCc1c(Cl)c(O)c(C(=O)OCC)c2ncnn12. The van der Waals surface area contributed by atoms with Gasteiger partial charge in [0.05, 0.1) is 12.3 Å². The second-order valence-corrected chi connectivity index (χ2v) is 4.68. The van der Waals surface area contributed by atoms with Crippen molar-refractivity contribution in [1.82, 2.24) is 14.6 Å². The number of aryl methyl sites for hydroxylation is 1. The molecule has 6 nitrogen and oxygen atoms in total. The van der Waals surface area contributed by atoms with E-state index in [1.54, 1.807) is 6.92 Å². The zero-order valence-corrected chi connectivity index (χ0v) is 12.1. The predicted octanol–water partition coefficient (Wildman–Crippen LogP) is 2.61. The van der Waals surface area contributed by atoms with Crippen LogP contribution < -0.4 is 0 Å². The zero-order valence-electron chi connectivity index (χ0n) is 11.4. The molecule has 2 heterocycles. The van der Waals surface area contributed by atoms with Crippen LogP contribution in [0.15, 0.2) is 6.33 Å². The summed E-state index contributed by atoms with van der Waals surface area (Å²) < 4.78 is 6.41. The summed E-state index contributed by atoms with van der Waals surface area (Å²) in [4.78, 5) is 16.0. The molecule has 0 radical (unpaired) electrons. The van der Waals surface area contributed by atoms with Gasteiger partial charge in [0.15, 0.2) is 11.4 Å². The standard InChI is InChI=1S/C13H16ClN3O3/c1-3-5-6-8-10(14)11(18)9(13(19)20-4-2)12-15-7-16-17(8)12/h7,18H,3-6H2,1-2H3. The lowest BCUT2D eigenvalue weighted by Crippen LogP contribution is -2.11. The van der Waals surface area contributed by atoms with Crippen molar-refractivity contribution in [3.8, 4) is 5.75 Å². The molecule has 0 saturated heterocycles. The number of halogens is 1. The summed E-state index contributed by atoms with van der Waals surface area (Å²) in [6.45, 7) is 3.94. The maximum Gasteiger partial charge on any atom is 0.345 e. The Labute approximate surface area is 121 Å². The number of nitrogens with zero attached hydrogens (tertiary/aromatic N) is 3. The monoisotopic (exact) mass is 297 g/mol. The maximum absolute atomic E-state index is 11.9. The average molecular weight is 298 g/mol. The van der Waals surface area contributed by atoms with Crippen LogP contribution in [0.5, 0.6) is 5.75 Å². The molecule has 20 heavy (non-hydrogen) atoms. The van der Waals surface area contributed by atoms with Crippen LogP contribution in [0.1, 0.15) is 42.7 Å². The molecule has 2 rings (SSSR count). The van der Waals surface area contributed by atoms with Gasteiger partial charge in [-0.25, -0.2) is 14.3 Å². The van der Waals surface area contributed by atoms with E-state index in [0.29, 0.717) is 12.1 Å². The van der Waals surface area contributed by atoms with Gasteiger partial charge in [0, 0.05) is 0 Å². The maximum atomic E-state index is 11.9. The number of unbranched alkanes of at least 4 members (excludes halogenated alkanes) is 1. The molecule has 0 amide bonds. The van der Waals surface area contributed by atoms with Crippen molar-refractivity contribution in [2.24, 2.45) is 0 Å². The van der Waals surface area contributed by atoms with Gasteiger partial charge < -0.3 is 9.84 Å². The van der Waals surface area contributed by atoms with E-state index in [9.17, 15) is 9.90 Å². The first kappa shape index (κ1) is 14.6. The molecule has 0 saturated carbocycles. The zero-order chi connectivity index (χ0) is 14.7. The number of aromatic hydroxyl groups is 1. The molecule has 108 valence electrons. The van der Waals surface area contributed by atoms with Gasteiger partial charge >= 0.3 is 5.97 Å². The largest absolute Gasteiger partial charge is 0.505 e. The molecule has 0 bridgehead atoms. The average Bonchev–Trinajstić information content (AvgIpc) is 2.88. The Bertz CT molecular complexity index is 639. The number of pyridine rings is 1. The van der Waals surface area contributed by atoms with E-state index in [1.807, 2.05) is 0 Å². The van der Waals surface area contributed by atoms with Gasteiger partial charge in [-0.1, -0.05) is 24.9 Å². The van der Waals surface area contributed by atoms with Gasteiger partial charge in [0.1, 0.15) is 16.9 Å². The molecule has 7 heteroatoms. The highest BCUT2D eigenvalue weighted by atomic mass is 35.5. The van der Waals surface area contributed by atoms with E-state index >= 15 is 0 Å². The molecule has 0 aromatic carbocycles. The number of rotatable bonds is 5. The number of ether oxygens (including phenoxy) is 1. The Morgan fingerprint density at radius 3 is 2.90 bits per heavy atom. The fourth-order valence-electron chi connectivity index (χ4n) is 2.01. The Morgan fingerprint density at radius 1 is 1.50 bits per heavy atom. The molecule has 1 N–H and O–H groups in total. The molecule has 0 aliphatic carbocycles. The van der Waals surface area contributed by atoms with Crippen LogP contribution in [0.25, 0.3) is 5.65 Å². The molecule has 0 fully saturated rings. The third-order valence-electron chi connectivity index (χ3n) is 2.97. The summed E-state index contributed by atoms with van der Waals surface area (Å²) in [6.07, 6.45) is 3.84. The number of carbonyl (C=O) groups is 1. The van der Waals surface area contributed by atoms with Crippen molar-refractivity contribution in [1.29, 1.82) is 0 Å². The summed E-state index contributed by atoms with van der Waals surface area (Å²) in [6, 6.07) is 0. The van der Waals surface area contributed by atoms with E-state index in [4.69, 9.17) is 16.3 Å². The minimum Gasteiger partial charge on any atom is -0.505 e. The van der Waals surface area contributed by atoms with Gasteiger partial charge in [-0.2, -0.15) is 5.10 Å². The minimum absolute atomic E-state index is 0.0467. The molecule has 0 unspecified atom stereocenters. The fraction of sp³-hybridized carbons (Fsp3) is 0.462. The summed E-state index contributed by atoms with van der Waals surface area (Å²) >= 11 is 6.17. The molecule has 0 atom stereocenters. The van der Waals surface area contributed by atoms with Crippen LogP contribution >= 0.6 is 11.6 Å². The summed E-state index contributed by atoms with van der Waals surface area (Å²) in [5, 5.41) is 14.4. The fourth-order valence-corrected chi connectivity index (χ4v) is 2.27. The summed E-state index contributed by atoms with van der Waals surface area (Å²) in [5.74, 6) is -0.955. The highest BCUT2D eigenvalue weighted by Gasteiger charge is 2.25. The molecular formula is C13H16ClN3O3. The third kappa shape index (κ3) is 2.43. The van der Waals surface area contributed by atoms with Gasteiger partial charge in [-0.15, -0.1) is 0 Å². The number of aromatic nitrogens is 3. The molecule has 0 aliphatic heterocycles. The number of fused-ring (bicyclic) bond motifs is 1. The smallest absolute Gasteiger partial charge is 0.345 e. The van der Waals surface area contributed by atoms with Crippen molar-refractivity contribution in [2.75, 3.05) is 6.61 Å². The Balaban J connectivity index is 2.63. The normalized spacial score (nSPS) is 10.9. The summed E-state index contributed by atoms with van der Waals surface area (Å²) in [7, 11) is 0. The van der Waals surface area contributed by atoms with E-state index in [1.165, 1.54) is 10.8 Å². The first-order valence-electron chi connectivity index (χ1n) is 6.51. The van der Waals surface area contributed by atoms with E-state index < -0.39 is 5.97 Å². The van der Waals surface area contributed by atoms with E-state index in [0.717, 1.165) is 12.8 Å². The number of hydrogen-bond donors (Lipinski definition) is 1. The molecule has 0 aliphatic rings. The van der Waals surface area contributed by atoms with Crippen LogP contribution in [0.2, 0.25) is 5.02 Å². The van der Waals surface area contributed by atoms with Crippen LogP contribution in [-0.2, 0) is 11.2 Å². The third-order valence-corrected chi connectivity index (χ3v) is 3.37. The van der Waals surface area contributed by atoms with E-state index in [2.05, 4.69) is 17.0 Å². The number of esters is 1. The van der Waals surface area contributed by atoms with Crippen LogP contribution in [0.3, 0.4) is 0 Å². The second-order valence-electron chi connectivity index (χ2n) is 4.30.